The Hall–Kier alpha value is -3.45. The molecule has 0 unspecified atom stereocenters. The lowest BCUT2D eigenvalue weighted by atomic mass is 10.1. The van der Waals surface area contributed by atoms with Gasteiger partial charge in [-0.2, -0.15) is 23.1 Å². The van der Waals surface area contributed by atoms with Crippen LogP contribution in [0.4, 0.5) is 13.2 Å². The van der Waals surface area contributed by atoms with Gasteiger partial charge in [-0.15, -0.1) is 5.10 Å². The Bertz CT molecular complexity index is 1170. The summed E-state index contributed by atoms with van der Waals surface area (Å²) in [5, 5.41) is 15.8. The summed E-state index contributed by atoms with van der Waals surface area (Å²) < 4.78 is 40.6. The van der Waals surface area contributed by atoms with Gasteiger partial charge < -0.3 is 5.32 Å². The van der Waals surface area contributed by atoms with E-state index in [4.69, 9.17) is 16.9 Å². The lowest BCUT2D eigenvalue weighted by Gasteiger charge is -2.15. The van der Waals surface area contributed by atoms with E-state index in [1.807, 2.05) is 13.0 Å². The van der Waals surface area contributed by atoms with Gasteiger partial charge in [-0.3, -0.25) is 4.79 Å². The van der Waals surface area contributed by atoms with Crippen molar-refractivity contribution >= 4 is 17.5 Å². The zero-order chi connectivity index (χ0) is 23.5. The molecule has 0 aliphatic carbocycles. The number of alkyl halides is 3. The van der Waals surface area contributed by atoms with Gasteiger partial charge in [0.05, 0.1) is 17.2 Å². The lowest BCUT2D eigenvalue weighted by Crippen LogP contribution is -2.29. The maximum absolute atomic E-state index is 13.1. The number of pyridine rings is 1. The molecule has 2 aromatic heterocycles. The van der Waals surface area contributed by atoms with Crippen LogP contribution >= 0.6 is 11.6 Å². The third kappa shape index (κ3) is 5.23. The van der Waals surface area contributed by atoms with Gasteiger partial charge in [-0.1, -0.05) is 18.5 Å². The van der Waals surface area contributed by atoms with Crippen molar-refractivity contribution < 1.29 is 18.0 Å². The van der Waals surface area contributed by atoms with E-state index >= 15 is 0 Å². The number of nitriles is 1. The minimum atomic E-state index is -4.64. The molecule has 0 radical (unpaired) electrons. The SMILES string of the molecule is CCCc1nc([C@H](C)NC(=O)c2cc(Cl)cc(C(F)(F)F)c2)n(-c2ccc(C#N)cn2)n1. The Kier molecular flexibility index (Phi) is 6.79. The summed E-state index contributed by atoms with van der Waals surface area (Å²) in [5.74, 6) is 0.510. The molecule has 1 amide bonds. The summed E-state index contributed by atoms with van der Waals surface area (Å²) >= 11 is 5.78. The molecule has 1 atom stereocenters. The topological polar surface area (TPSA) is 96.5 Å². The van der Waals surface area contributed by atoms with Crippen LogP contribution in [0.15, 0.2) is 36.5 Å². The number of carbonyl (C=O) groups excluding carboxylic acids is 1. The number of amides is 1. The first-order chi connectivity index (χ1) is 15.1. The highest BCUT2D eigenvalue weighted by Crippen LogP contribution is 2.32. The number of rotatable bonds is 6. The molecule has 32 heavy (non-hydrogen) atoms. The van der Waals surface area contributed by atoms with Gasteiger partial charge in [-0.25, -0.2) is 9.97 Å². The summed E-state index contributed by atoms with van der Waals surface area (Å²) in [6.07, 6.45) is -1.88. The Morgan fingerprint density at radius 3 is 2.66 bits per heavy atom. The fraction of sp³-hybridized carbons (Fsp3) is 0.286. The van der Waals surface area contributed by atoms with E-state index in [1.165, 1.54) is 10.9 Å². The molecule has 0 fully saturated rings. The Morgan fingerprint density at radius 1 is 1.31 bits per heavy atom. The quantitative estimate of drug-likeness (QED) is 0.575. The zero-order valence-electron chi connectivity index (χ0n) is 17.1. The largest absolute Gasteiger partial charge is 0.416 e. The van der Waals surface area contributed by atoms with Gasteiger partial charge in [0.1, 0.15) is 6.07 Å². The van der Waals surface area contributed by atoms with Crippen LogP contribution in [0.5, 0.6) is 0 Å². The number of carbonyl (C=O) groups is 1. The Balaban J connectivity index is 1.92. The third-order valence-electron chi connectivity index (χ3n) is 4.47. The maximum Gasteiger partial charge on any atom is 0.416 e. The van der Waals surface area contributed by atoms with Crippen LogP contribution in [0.3, 0.4) is 0 Å². The van der Waals surface area contributed by atoms with Gasteiger partial charge in [0, 0.05) is 23.2 Å². The van der Waals surface area contributed by atoms with E-state index in [-0.39, 0.29) is 10.6 Å². The smallest absolute Gasteiger partial charge is 0.342 e. The van der Waals surface area contributed by atoms with E-state index in [9.17, 15) is 18.0 Å². The van der Waals surface area contributed by atoms with Crippen molar-refractivity contribution in [2.45, 2.75) is 38.9 Å². The number of nitrogens with zero attached hydrogens (tertiary/aromatic N) is 5. The molecule has 0 aliphatic rings. The van der Waals surface area contributed by atoms with Gasteiger partial charge in [-0.05, 0) is 43.7 Å². The molecular formula is C21H18ClF3N6O. The molecule has 3 rings (SSSR count). The summed E-state index contributed by atoms with van der Waals surface area (Å²) in [6.45, 7) is 3.59. The number of hydrogen-bond donors (Lipinski definition) is 1. The average Bonchev–Trinajstić information content (AvgIpc) is 3.17. The first-order valence-corrected chi connectivity index (χ1v) is 10.0. The zero-order valence-corrected chi connectivity index (χ0v) is 17.9. The molecule has 11 heteroatoms. The van der Waals surface area contributed by atoms with Crippen LogP contribution in [0, 0.1) is 11.3 Å². The lowest BCUT2D eigenvalue weighted by molar-refractivity contribution is -0.137. The van der Waals surface area contributed by atoms with Crippen LogP contribution in [0.1, 0.15) is 59.4 Å². The van der Waals surface area contributed by atoms with Crippen LogP contribution in [0.25, 0.3) is 5.82 Å². The van der Waals surface area contributed by atoms with Crippen molar-refractivity contribution in [3.05, 3.63) is 69.9 Å². The van der Waals surface area contributed by atoms with Gasteiger partial charge in [0.15, 0.2) is 17.5 Å². The van der Waals surface area contributed by atoms with Crippen LogP contribution in [0.2, 0.25) is 5.02 Å². The summed E-state index contributed by atoms with van der Waals surface area (Å²) in [4.78, 5) is 21.4. The van der Waals surface area contributed by atoms with Crippen LogP contribution < -0.4 is 5.32 Å². The standard InChI is InChI=1S/C21H18ClF3N6O/c1-3-4-17-29-19(31(30-17)18-6-5-13(10-26)11-27-18)12(2)28-20(32)14-7-15(21(23,24)25)9-16(22)8-14/h5-9,11-12H,3-4H2,1-2H3,(H,28,32)/t12-/m0/s1. The molecule has 2 heterocycles. The number of aromatic nitrogens is 4. The predicted molar refractivity (Wildman–Crippen MR) is 110 cm³/mol. The molecule has 0 aliphatic heterocycles. The van der Waals surface area contributed by atoms with Crippen molar-refractivity contribution in [2.24, 2.45) is 0 Å². The molecule has 1 aromatic carbocycles. The number of aryl methyl sites for hydroxylation is 1. The monoisotopic (exact) mass is 462 g/mol. The molecule has 0 bridgehead atoms. The minimum absolute atomic E-state index is 0.201. The maximum atomic E-state index is 13.1. The summed E-state index contributed by atoms with van der Waals surface area (Å²) in [5.41, 5.74) is -0.877. The van der Waals surface area contributed by atoms with Crippen molar-refractivity contribution in [1.29, 1.82) is 5.26 Å². The van der Waals surface area contributed by atoms with E-state index in [0.29, 0.717) is 29.5 Å². The van der Waals surface area contributed by atoms with Gasteiger partial charge in [0.25, 0.3) is 5.91 Å². The molecule has 7 nitrogen and oxygen atoms in total. The van der Waals surface area contributed by atoms with Gasteiger partial charge in [0.2, 0.25) is 0 Å². The van der Waals surface area contributed by atoms with Crippen molar-refractivity contribution in [2.75, 3.05) is 0 Å². The second-order valence-electron chi connectivity index (χ2n) is 6.99. The molecule has 3 aromatic rings. The van der Waals surface area contributed by atoms with E-state index in [1.54, 1.807) is 19.1 Å². The number of benzene rings is 1. The van der Waals surface area contributed by atoms with E-state index < -0.39 is 23.7 Å². The fourth-order valence-corrected chi connectivity index (χ4v) is 3.19. The Labute approximate surface area is 186 Å². The molecule has 0 spiro atoms. The number of hydrogen-bond acceptors (Lipinski definition) is 5. The van der Waals surface area contributed by atoms with Crippen molar-refractivity contribution in [1.82, 2.24) is 25.1 Å². The first kappa shape index (κ1) is 23.2. The van der Waals surface area contributed by atoms with Crippen LogP contribution in [-0.2, 0) is 12.6 Å². The molecule has 166 valence electrons. The van der Waals surface area contributed by atoms with Crippen molar-refractivity contribution in [3.63, 3.8) is 0 Å². The van der Waals surface area contributed by atoms with E-state index in [2.05, 4.69) is 20.4 Å². The molecule has 0 saturated heterocycles. The normalized spacial score (nSPS) is 12.3. The number of nitrogens with one attached hydrogen (secondary N) is 1. The van der Waals surface area contributed by atoms with E-state index in [0.717, 1.165) is 24.6 Å². The molecule has 1 N–H and O–H groups in total. The van der Waals surface area contributed by atoms with Crippen LogP contribution in [-0.4, -0.2) is 25.7 Å². The highest BCUT2D eigenvalue weighted by Gasteiger charge is 2.32. The second kappa shape index (κ2) is 9.36. The summed E-state index contributed by atoms with van der Waals surface area (Å²) in [7, 11) is 0. The highest BCUT2D eigenvalue weighted by atomic mass is 35.5. The number of halogens is 4. The minimum Gasteiger partial charge on any atom is -0.342 e. The third-order valence-corrected chi connectivity index (χ3v) is 4.68. The predicted octanol–water partition coefficient (Wildman–Crippen LogP) is 4.65. The van der Waals surface area contributed by atoms with Gasteiger partial charge >= 0.3 is 6.18 Å². The average molecular weight is 463 g/mol. The first-order valence-electron chi connectivity index (χ1n) is 9.63. The Morgan fingerprint density at radius 2 is 2.06 bits per heavy atom. The molecule has 0 saturated carbocycles. The molecular weight excluding hydrogens is 445 g/mol. The fourth-order valence-electron chi connectivity index (χ4n) is 2.95. The summed E-state index contributed by atoms with van der Waals surface area (Å²) in [6, 6.07) is 7.08. The van der Waals surface area contributed by atoms with Crippen molar-refractivity contribution in [3.8, 4) is 11.9 Å². The highest BCUT2D eigenvalue weighted by molar-refractivity contribution is 6.31. The second-order valence-corrected chi connectivity index (χ2v) is 7.42.